The lowest BCUT2D eigenvalue weighted by atomic mass is 10.1. The van der Waals surface area contributed by atoms with Crippen LogP contribution < -0.4 is 5.32 Å². The third kappa shape index (κ3) is 4.80. The number of likely N-dealkylation sites (tertiary alicyclic amines) is 1. The molecule has 1 saturated heterocycles. The molecule has 0 bridgehead atoms. The molecule has 3 amide bonds. The summed E-state index contributed by atoms with van der Waals surface area (Å²) in [6.45, 7) is 4.58. The minimum absolute atomic E-state index is 0.0633. The van der Waals surface area contributed by atoms with Crippen LogP contribution in [0.2, 0.25) is 0 Å². The van der Waals surface area contributed by atoms with Crippen LogP contribution in [0, 0.1) is 0 Å². The van der Waals surface area contributed by atoms with Crippen LogP contribution in [-0.4, -0.2) is 71.8 Å². The SMILES string of the molecule is CCOC(=O)N1CCC(NC(=O)N(C)C(C)C(=O)O)CC1. The summed E-state index contributed by atoms with van der Waals surface area (Å²) < 4.78 is 4.92. The quantitative estimate of drug-likeness (QED) is 0.797. The van der Waals surface area contributed by atoms with Crippen LogP contribution >= 0.6 is 0 Å². The van der Waals surface area contributed by atoms with Gasteiger partial charge in [-0.25, -0.2) is 14.4 Å². The maximum absolute atomic E-state index is 11.9. The first-order valence-corrected chi connectivity index (χ1v) is 7.04. The number of carboxylic acid groups (broad SMARTS) is 1. The Labute approximate surface area is 124 Å². The number of aliphatic carboxylic acids is 1. The number of carbonyl (C=O) groups excluding carboxylic acids is 2. The van der Waals surface area contributed by atoms with Crippen molar-refractivity contribution in [1.82, 2.24) is 15.1 Å². The number of piperidine rings is 1. The van der Waals surface area contributed by atoms with Crippen LogP contribution in [0.1, 0.15) is 26.7 Å². The lowest BCUT2D eigenvalue weighted by molar-refractivity contribution is -0.141. The molecule has 1 unspecified atom stereocenters. The number of likely N-dealkylation sites (N-methyl/N-ethyl adjacent to an activating group) is 1. The van der Waals surface area contributed by atoms with Gasteiger partial charge < -0.3 is 25.0 Å². The zero-order chi connectivity index (χ0) is 16.0. The van der Waals surface area contributed by atoms with E-state index >= 15 is 0 Å². The van der Waals surface area contributed by atoms with Crippen molar-refractivity contribution in [3.05, 3.63) is 0 Å². The largest absolute Gasteiger partial charge is 0.480 e. The molecule has 1 aliphatic heterocycles. The van der Waals surface area contributed by atoms with E-state index in [0.717, 1.165) is 4.90 Å². The first-order chi connectivity index (χ1) is 9.86. The van der Waals surface area contributed by atoms with Crippen molar-refractivity contribution in [2.24, 2.45) is 0 Å². The van der Waals surface area contributed by atoms with Crippen LogP contribution in [0.3, 0.4) is 0 Å². The van der Waals surface area contributed by atoms with Crippen LogP contribution in [-0.2, 0) is 9.53 Å². The summed E-state index contributed by atoms with van der Waals surface area (Å²) in [7, 11) is 1.45. The van der Waals surface area contributed by atoms with Crippen LogP contribution in [0.5, 0.6) is 0 Å². The van der Waals surface area contributed by atoms with Gasteiger partial charge in [0.2, 0.25) is 0 Å². The highest BCUT2D eigenvalue weighted by atomic mass is 16.6. The van der Waals surface area contributed by atoms with Gasteiger partial charge in [-0.05, 0) is 26.7 Å². The van der Waals surface area contributed by atoms with Crippen molar-refractivity contribution in [2.45, 2.75) is 38.8 Å². The highest BCUT2D eigenvalue weighted by molar-refractivity contribution is 5.82. The molecule has 8 nitrogen and oxygen atoms in total. The van der Waals surface area contributed by atoms with Crippen molar-refractivity contribution >= 4 is 18.1 Å². The van der Waals surface area contributed by atoms with Gasteiger partial charge in [-0.3, -0.25) is 0 Å². The number of amides is 3. The van der Waals surface area contributed by atoms with Crippen LogP contribution in [0.15, 0.2) is 0 Å². The first kappa shape index (κ1) is 17.1. The molecule has 120 valence electrons. The number of hydrogen-bond donors (Lipinski definition) is 2. The molecule has 2 N–H and O–H groups in total. The second kappa shape index (κ2) is 7.70. The van der Waals surface area contributed by atoms with Crippen molar-refractivity contribution in [3.63, 3.8) is 0 Å². The summed E-state index contributed by atoms with van der Waals surface area (Å²) in [5.41, 5.74) is 0. The van der Waals surface area contributed by atoms with Gasteiger partial charge in [0.15, 0.2) is 0 Å². The number of urea groups is 1. The molecule has 0 saturated carbocycles. The van der Waals surface area contributed by atoms with Gasteiger partial charge in [0.1, 0.15) is 6.04 Å². The van der Waals surface area contributed by atoms with Crippen molar-refractivity contribution in [3.8, 4) is 0 Å². The fourth-order valence-corrected chi connectivity index (χ4v) is 2.04. The summed E-state index contributed by atoms with van der Waals surface area (Å²) >= 11 is 0. The van der Waals surface area contributed by atoms with Gasteiger partial charge in [-0.15, -0.1) is 0 Å². The molecule has 8 heteroatoms. The van der Waals surface area contributed by atoms with E-state index in [2.05, 4.69) is 5.32 Å². The number of hydrogen-bond acceptors (Lipinski definition) is 4. The molecule has 1 fully saturated rings. The number of rotatable bonds is 4. The zero-order valence-corrected chi connectivity index (χ0v) is 12.7. The highest BCUT2D eigenvalue weighted by Crippen LogP contribution is 2.12. The predicted octanol–water partition coefficient (Wildman–Crippen LogP) is 0.722. The molecule has 1 atom stereocenters. The van der Waals surface area contributed by atoms with Crippen LogP contribution in [0.4, 0.5) is 9.59 Å². The summed E-state index contributed by atoms with van der Waals surface area (Å²) in [4.78, 5) is 37.1. The lowest BCUT2D eigenvalue weighted by Gasteiger charge is -2.33. The van der Waals surface area contributed by atoms with E-state index in [4.69, 9.17) is 9.84 Å². The second-order valence-corrected chi connectivity index (χ2v) is 5.03. The van der Waals surface area contributed by atoms with E-state index in [1.165, 1.54) is 14.0 Å². The lowest BCUT2D eigenvalue weighted by Crippen LogP contribution is -2.52. The van der Waals surface area contributed by atoms with E-state index < -0.39 is 18.0 Å². The zero-order valence-electron chi connectivity index (χ0n) is 12.7. The number of carboxylic acids is 1. The first-order valence-electron chi connectivity index (χ1n) is 7.04. The van der Waals surface area contributed by atoms with Gasteiger partial charge in [-0.1, -0.05) is 0 Å². The van der Waals surface area contributed by atoms with E-state index in [-0.39, 0.29) is 12.1 Å². The van der Waals surface area contributed by atoms with Gasteiger partial charge in [0, 0.05) is 26.2 Å². The number of nitrogens with one attached hydrogen (secondary N) is 1. The Hall–Kier alpha value is -1.99. The van der Waals surface area contributed by atoms with E-state index in [1.807, 2.05) is 0 Å². The number of ether oxygens (including phenoxy) is 1. The summed E-state index contributed by atoms with van der Waals surface area (Å²) in [5.74, 6) is -1.05. The van der Waals surface area contributed by atoms with Crippen molar-refractivity contribution < 1.29 is 24.2 Å². The molecule has 1 heterocycles. The maximum atomic E-state index is 11.9. The molecule has 1 rings (SSSR count). The van der Waals surface area contributed by atoms with Crippen molar-refractivity contribution in [1.29, 1.82) is 0 Å². The summed E-state index contributed by atoms with van der Waals surface area (Å²) in [6, 6.07) is -1.37. The highest BCUT2D eigenvalue weighted by Gasteiger charge is 2.27. The molecule has 1 aliphatic rings. The average Bonchev–Trinajstić information content (AvgIpc) is 2.46. The predicted molar refractivity (Wildman–Crippen MR) is 75.0 cm³/mol. The fraction of sp³-hybridized carbons (Fsp3) is 0.769. The van der Waals surface area contributed by atoms with E-state index in [1.54, 1.807) is 11.8 Å². The number of nitrogens with zero attached hydrogens (tertiary/aromatic N) is 2. The molecule has 0 aromatic carbocycles. The normalized spacial score (nSPS) is 17.0. The Morgan fingerprint density at radius 3 is 2.43 bits per heavy atom. The standard InChI is InChI=1S/C13H23N3O5/c1-4-21-13(20)16-7-5-10(6-8-16)14-12(19)15(3)9(2)11(17)18/h9-10H,4-8H2,1-3H3,(H,14,19)(H,17,18). The minimum atomic E-state index is -1.05. The fourth-order valence-electron chi connectivity index (χ4n) is 2.04. The Bertz CT molecular complexity index is 393. The molecule has 0 spiro atoms. The summed E-state index contributed by atoms with van der Waals surface area (Å²) in [5, 5.41) is 11.7. The molecule has 0 aromatic heterocycles. The van der Waals surface area contributed by atoms with E-state index in [0.29, 0.717) is 32.5 Å². The Balaban J connectivity index is 2.40. The minimum Gasteiger partial charge on any atom is -0.480 e. The van der Waals surface area contributed by atoms with Crippen molar-refractivity contribution in [2.75, 3.05) is 26.7 Å². The smallest absolute Gasteiger partial charge is 0.409 e. The molecule has 21 heavy (non-hydrogen) atoms. The molecule has 0 radical (unpaired) electrons. The van der Waals surface area contributed by atoms with Gasteiger partial charge in [0.25, 0.3) is 0 Å². The maximum Gasteiger partial charge on any atom is 0.409 e. The molecular formula is C13H23N3O5. The monoisotopic (exact) mass is 301 g/mol. The Morgan fingerprint density at radius 1 is 1.38 bits per heavy atom. The second-order valence-electron chi connectivity index (χ2n) is 5.03. The van der Waals surface area contributed by atoms with Crippen LogP contribution in [0.25, 0.3) is 0 Å². The van der Waals surface area contributed by atoms with Gasteiger partial charge >= 0.3 is 18.1 Å². The topological polar surface area (TPSA) is 99.2 Å². The Morgan fingerprint density at radius 2 is 1.95 bits per heavy atom. The average molecular weight is 301 g/mol. The van der Waals surface area contributed by atoms with Gasteiger partial charge in [0.05, 0.1) is 6.61 Å². The number of carbonyl (C=O) groups is 3. The molecular weight excluding hydrogens is 278 g/mol. The third-order valence-corrected chi connectivity index (χ3v) is 3.61. The summed E-state index contributed by atoms with van der Waals surface area (Å²) in [6.07, 6.45) is 0.915. The van der Waals surface area contributed by atoms with E-state index in [9.17, 15) is 14.4 Å². The molecule has 0 aliphatic carbocycles. The Kier molecular flexibility index (Phi) is 6.26. The van der Waals surface area contributed by atoms with Gasteiger partial charge in [-0.2, -0.15) is 0 Å². The molecule has 0 aromatic rings. The third-order valence-electron chi connectivity index (χ3n) is 3.61.